The molecule has 0 bridgehead atoms. The van der Waals surface area contributed by atoms with E-state index in [1.165, 1.54) is 17.7 Å². The van der Waals surface area contributed by atoms with E-state index in [1.807, 2.05) is 38.2 Å². The van der Waals surface area contributed by atoms with Crippen molar-refractivity contribution >= 4 is 12.3 Å². The van der Waals surface area contributed by atoms with Crippen molar-refractivity contribution in [3.05, 3.63) is 70.9 Å². The van der Waals surface area contributed by atoms with E-state index in [9.17, 15) is 9.59 Å². The number of rotatable bonds is 12. The molecule has 0 spiro atoms. The normalized spacial score (nSPS) is 20.8. The topological polar surface area (TPSA) is 63.6 Å². The Bertz CT molecular complexity index is 834. The van der Waals surface area contributed by atoms with Gasteiger partial charge in [-0.05, 0) is 87.0 Å². The van der Waals surface area contributed by atoms with Gasteiger partial charge in [0.1, 0.15) is 12.4 Å². The third-order valence-electron chi connectivity index (χ3n) is 6.14. The van der Waals surface area contributed by atoms with Crippen molar-refractivity contribution < 1.29 is 19.4 Å². The lowest BCUT2D eigenvalue weighted by Crippen LogP contribution is -2.30. The Balaban J connectivity index is 2.86. The van der Waals surface area contributed by atoms with Gasteiger partial charge in [0.05, 0.1) is 0 Å². The van der Waals surface area contributed by atoms with Crippen LogP contribution in [0.2, 0.25) is 0 Å². The number of aliphatic hydroxyl groups is 1. The molecule has 33 heavy (non-hydrogen) atoms. The lowest BCUT2D eigenvalue weighted by Gasteiger charge is -2.36. The zero-order valence-corrected chi connectivity index (χ0v) is 21.3. The molecular weight excluding hydrogens is 412 g/mol. The van der Waals surface area contributed by atoms with E-state index in [0.717, 1.165) is 55.1 Å². The minimum absolute atomic E-state index is 0.0148. The molecule has 4 nitrogen and oxygen atoms in total. The summed E-state index contributed by atoms with van der Waals surface area (Å²) in [5.74, 6) is 0.142. The Hall–Kier alpha value is -2.46. The molecule has 0 aliphatic heterocycles. The molecular formula is C29H42O4. The molecule has 1 N–H and O–H groups in total. The van der Waals surface area contributed by atoms with Crippen LogP contribution < -0.4 is 0 Å². The number of hydrogen-bond donors (Lipinski definition) is 1. The monoisotopic (exact) mass is 454 g/mol. The molecule has 0 saturated heterocycles. The van der Waals surface area contributed by atoms with E-state index in [1.54, 1.807) is 0 Å². The Morgan fingerprint density at radius 3 is 2.55 bits per heavy atom. The van der Waals surface area contributed by atoms with Gasteiger partial charge in [-0.15, -0.1) is 0 Å². The summed E-state index contributed by atoms with van der Waals surface area (Å²) in [4.78, 5) is 22.9. The van der Waals surface area contributed by atoms with Crippen LogP contribution in [0.4, 0.5) is 0 Å². The summed E-state index contributed by atoms with van der Waals surface area (Å²) in [6.45, 7) is 12.8. The fourth-order valence-electron chi connectivity index (χ4n) is 3.97. The molecule has 0 aromatic rings. The molecule has 0 amide bonds. The lowest BCUT2D eigenvalue weighted by atomic mass is 9.71. The van der Waals surface area contributed by atoms with Crippen LogP contribution >= 0.6 is 0 Å². The summed E-state index contributed by atoms with van der Waals surface area (Å²) in [6.07, 6.45) is 19.9. The minimum Gasteiger partial charge on any atom is -0.455 e. The summed E-state index contributed by atoms with van der Waals surface area (Å²) < 4.78 is 5.79. The van der Waals surface area contributed by atoms with Crippen molar-refractivity contribution in [1.82, 2.24) is 0 Å². The zero-order valence-electron chi connectivity index (χ0n) is 21.3. The summed E-state index contributed by atoms with van der Waals surface area (Å²) in [5, 5.41) is 8.92. The van der Waals surface area contributed by atoms with Crippen LogP contribution in [0.25, 0.3) is 0 Å². The molecule has 1 aliphatic rings. The SMILES string of the molecule is CC(C=CC=C(C)C=CC1=C(C)C(OC(=O)C=CCC(C)CCCO)CCC1(C)C)=CC=O. The van der Waals surface area contributed by atoms with Gasteiger partial charge in [-0.25, -0.2) is 4.79 Å². The molecule has 182 valence electrons. The van der Waals surface area contributed by atoms with Gasteiger partial charge in [0.15, 0.2) is 0 Å². The molecule has 0 fully saturated rings. The van der Waals surface area contributed by atoms with E-state index in [0.29, 0.717) is 5.92 Å². The average molecular weight is 455 g/mol. The van der Waals surface area contributed by atoms with Gasteiger partial charge in [0.2, 0.25) is 0 Å². The maximum Gasteiger partial charge on any atom is 0.331 e. The quantitative estimate of drug-likeness (QED) is 0.156. The predicted octanol–water partition coefficient (Wildman–Crippen LogP) is 6.59. The van der Waals surface area contributed by atoms with E-state index in [2.05, 4.69) is 39.8 Å². The molecule has 4 heteroatoms. The first-order valence-electron chi connectivity index (χ1n) is 11.9. The van der Waals surface area contributed by atoms with Gasteiger partial charge >= 0.3 is 5.97 Å². The van der Waals surface area contributed by atoms with E-state index >= 15 is 0 Å². The summed E-state index contributed by atoms with van der Waals surface area (Å²) in [7, 11) is 0. The van der Waals surface area contributed by atoms with Crippen LogP contribution in [-0.4, -0.2) is 30.1 Å². The number of allylic oxidation sites excluding steroid dienone is 10. The molecule has 1 aliphatic carbocycles. The highest BCUT2D eigenvalue weighted by Crippen LogP contribution is 2.42. The Kier molecular flexibility index (Phi) is 12.7. The highest BCUT2D eigenvalue weighted by Gasteiger charge is 2.33. The zero-order chi connectivity index (χ0) is 24.9. The Morgan fingerprint density at radius 1 is 1.18 bits per heavy atom. The molecule has 0 aromatic heterocycles. The van der Waals surface area contributed by atoms with E-state index < -0.39 is 0 Å². The van der Waals surface area contributed by atoms with Crippen LogP contribution in [0.5, 0.6) is 0 Å². The second kappa shape index (κ2) is 14.6. The predicted molar refractivity (Wildman–Crippen MR) is 137 cm³/mol. The van der Waals surface area contributed by atoms with Crippen molar-refractivity contribution in [3.8, 4) is 0 Å². The van der Waals surface area contributed by atoms with E-state index in [4.69, 9.17) is 9.84 Å². The molecule has 0 heterocycles. The number of ether oxygens (including phenoxy) is 1. The number of hydrogen-bond acceptors (Lipinski definition) is 4. The fourth-order valence-corrected chi connectivity index (χ4v) is 3.97. The average Bonchev–Trinajstić information content (AvgIpc) is 2.74. The molecule has 1 rings (SSSR count). The van der Waals surface area contributed by atoms with Gasteiger partial charge in [-0.1, -0.05) is 62.8 Å². The lowest BCUT2D eigenvalue weighted by molar-refractivity contribution is -0.142. The molecule has 0 saturated carbocycles. The van der Waals surface area contributed by atoms with Crippen molar-refractivity contribution in [1.29, 1.82) is 0 Å². The first kappa shape index (κ1) is 28.6. The number of aldehydes is 1. The van der Waals surface area contributed by atoms with Crippen LogP contribution in [0.15, 0.2) is 70.9 Å². The molecule has 2 unspecified atom stereocenters. The smallest absolute Gasteiger partial charge is 0.331 e. The molecule has 0 radical (unpaired) electrons. The number of carbonyl (C=O) groups excluding carboxylic acids is 2. The largest absolute Gasteiger partial charge is 0.455 e. The van der Waals surface area contributed by atoms with Crippen molar-refractivity contribution in [2.75, 3.05) is 6.61 Å². The van der Waals surface area contributed by atoms with Crippen molar-refractivity contribution in [2.24, 2.45) is 11.3 Å². The number of carbonyl (C=O) groups is 2. The third-order valence-corrected chi connectivity index (χ3v) is 6.14. The van der Waals surface area contributed by atoms with Gasteiger partial charge in [0.25, 0.3) is 0 Å². The number of aliphatic hydroxyl groups excluding tert-OH is 1. The van der Waals surface area contributed by atoms with Crippen LogP contribution in [-0.2, 0) is 14.3 Å². The van der Waals surface area contributed by atoms with E-state index in [-0.39, 0.29) is 24.1 Å². The van der Waals surface area contributed by atoms with Gasteiger partial charge in [0, 0.05) is 12.7 Å². The highest BCUT2D eigenvalue weighted by molar-refractivity contribution is 5.82. The minimum atomic E-state index is -0.295. The summed E-state index contributed by atoms with van der Waals surface area (Å²) in [5.41, 5.74) is 4.33. The second-order valence-corrected chi connectivity index (χ2v) is 9.70. The van der Waals surface area contributed by atoms with Crippen LogP contribution in [0, 0.1) is 11.3 Å². The van der Waals surface area contributed by atoms with Gasteiger partial charge < -0.3 is 9.84 Å². The summed E-state index contributed by atoms with van der Waals surface area (Å²) >= 11 is 0. The number of esters is 1. The Morgan fingerprint density at radius 2 is 1.88 bits per heavy atom. The molecule has 2 atom stereocenters. The van der Waals surface area contributed by atoms with Crippen molar-refractivity contribution in [2.45, 2.75) is 79.8 Å². The molecule has 0 aromatic carbocycles. The van der Waals surface area contributed by atoms with Gasteiger partial charge in [-0.2, -0.15) is 0 Å². The van der Waals surface area contributed by atoms with Gasteiger partial charge in [-0.3, -0.25) is 4.79 Å². The van der Waals surface area contributed by atoms with Crippen molar-refractivity contribution in [3.63, 3.8) is 0 Å². The van der Waals surface area contributed by atoms with Crippen LogP contribution in [0.3, 0.4) is 0 Å². The van der Waals surface area contributed by atoms with Crippen LogP contribution in [0.1, 0.15) is 73.6 Å². The maximum absolute atomic E-state index is 12.4. The first-order chi connectivity index (χ1) is 15.6. The fraction of sp³-hybridized carbons (Fsp3) is 0.517. The first-order valence-corrected chi connectivity index (χ1v) is 11.9. The summed E-state index contributed by atoms with van der Waals surface area (Å²) in [6, 6.07) is 0. The second-order valence-electron chi connectivity index (χ2n) is 9.70. The third kappa shape index (κ3) is 10.8. The maximum atomic E-state index is 12.4. The Labute approximate surface area is 200 Å². The highest BCUT2D eigenvalue weighted by atomic mass is 16.5. The standard InChI is InChI=1S/C29H42O4/c1-22(13-9-20-30)12-8-14-28(32)33-27-17-19-29(5,6)26(25(27)4)16-15-23(2)10-7-11-24(3)18-21-31/h7-8,10-11,14-16,18,21-22,27,30H,9,12-13,17,19-20H2,1-6H3.